The Hall–Kier alpha value is -1.78. The second kappa shape index (κ2) is 2.60. The summed E-state index contributed by atoms with van der Waals surface area (Å²) < 4.78 is 4.78. The molecule has 1 saturated heterocycles. The van der Waals surface area contributed by atoms with E-state index in [0.29, 0.717) is 6.54 Å². The third-order valence-electron chi connectivity index (χ3n) is 2.66. The van der Waals surface area contributed by atoms with Gasteiger partial charge in [0.05, 0.1) is 12.2 Å². The number of nitrogens with one attached hydrogen (secondary N) is 1. The fraction of sp³-hybridized carbons (Fsp3) is 0.333. The lowest BCUT2D eigenvalue weighted by Crippen LogP contribution is -2.29. The normalized spacial score (nSPS) is 24.9. The summed E-state index contributed by atoms with van der Waals surface area (Å²) in [6, 6.07) is 0.105. The molecular formula is C9H9N3O2. The highest BCUT2D eigenvalue weighted by Gasteiger charge is 2.34. The molecule has 0 radical (unpaired) electrons. The maximum atomic E-state index is 11.3. The summed E-state index contributed by atoms with van der Waals surface area (Å²) in [5, 5.41) is 6.56. The second-order valence-corrected chi connectivity index (χ2v) is 3.48. The van der Waals surface area contributed by atoms with Gasteiger partial charge in [0.15, 0.2) is 0 Å². The summed E-state index contributed by atoms with van der Waals surface area (Å²) in [4.78, 5) is 13.1. The van der Waals surface area contributed by atoms with Crippen molar-refractivity contribution in [2.45, 2.75) is 6.04 Å². The first-order valence-corrected chi connectivity index (χ1v) is 4.50. The Balaban J connectivity index is 1.96. The molecule has 14 heavy (non-hydrogen) atoms. The Kier molecular flexibility index (Phi) is 1.41. The van der Waals surface area contributed by atoms with Gasteiger partial charge in [-0.3, -0.25) is 0 Å². The predicted molar refractivity (Wildman–Crippen MR) is 48.4 cm³/mol. The molecule has 2 amide bonds. The smallest absolute Gasteiger partial charge is 0.318 e. The number of hydrogen-bond donors (Lipinski definition) is 1. The van der Waals surface area contributed by atoms with Gasteiger partial charge in [-0.1, -0.05) is 11.2 Å². The lowest BCUT2D eigenvalue weighted by atomic mass is 9.99. The molecule has 2 aliphatic rings. The Labute approximate surface area is 80.4 Å². The number of rotatable bonds is 1. The molecule has 3 heterocycles. The molecule has 0 spiro atoms. The third-order valence-corrected chi connectivity index (χ3v) is 2.66. The number of amides is 2. The summed E-state index contributed by atoms with van der Waals surface area (Å²) in [6.07, 6.45) is 5.32. The molecule has 0 aliphatic carbocycles. The van der Waals surface area contributed by atoms with Gasteiger partial charge >= 0.3 is 6.03 Å². The molecule has 1 N–H and O–H groups in total. The molecule has 5 nitrogen and oxygen atoms in total. The minimum absolute atomic E-state index is 0.0118. The van der Waals surface area contributed by atoms with Crippen molar-refractivity contribution in [1.29, 1.82) is 0 Å². The Morgan fingerprint density at radius 3 is 3.36 bits per heavy atom. The van der Waals surface area contributed by atoms with E-state index in [0.717, 1.165) is 17.7 Å². The highest BCUT2D eigenvalue weighted by Crippen LogP contribution is 2.25. The Bertz CT molecular complexity index is 396. The average Bonchev–Trinajstić information content (AvgIpc) is 2.78. The number of hydrogen-bond acceptors (Lipinski definition) is 3. The number of nitrogens with zero attached hydrogens (tertiary/aromatic N) is 2. The topological polar surface area (TPSA) is 58.4 Å². The van der Waals surface area contributed by atoms with E-state index in [2.05, 4.69) is 10.5 Å². The summed E-state index contributed by atoms with van der Waals surface area (Å²) in [5.74, 6) is 0. The van der Waals surface area contributed by atoms with Crippen LogP contribution in [-0.2, 0) is 0 Å². The van der Waals surface area contributed by atoms with Gasteiger partial charge in [-0.15, -0.1) is 0 Å². The molecule has 72 valence electrons. The van der Waals surface area contributed by atoms with Crippen LogP contribution in [0.5, 0.6) is 0 Å². The molecule has 1 unspecified atom stereocenters. The van der Waals surface area contributed by atoms with Crippen LogP contribution in [0, 0.1) is 0 Å². The van der Waals surface area contributed by atoms with Gasteiger partial charge in [-0.05, 0) is 5.57 Å². The van der Waals surface area contributed by atoms with Crippen LogP contribution in [0.25, 0.3) is 5.57 Å². The SMILES string of the molecule is O=C1NC2CN1CC=C2c1cnoc1. The Morgan fingerprint density at radius 1 is 1.64 bits per heavy atom. The van der Waals surface area contributed by atoms with Crippen molar-refractivity contribution in [3.05, 3.63) is 24.1 Å². The molecule has 1 atom stereocenters. The fourth-order valence-corrected chi connectivity index (χ4v) is 1.94. The maximum absolute atomic E-state index is 11.3. The van der Waals surface area contributed by atoms with Gasteiger partial charge in [0.1, 0.15) is 6.26 Å². The molecule has 2 bridgehead atoms. The molecule has 0 aromatic carbocycles. The van der Waals surface area contributed by atoms with Gasteiger partial charge in [0.2, 0.25) is 0 Å². The van der Waals surface area contributed by atoms with Gasteiger partial charge in [0, 0.05) is 18.7 Å². The van der Waals surface area contributed by atoms with Crippen molar-refractivity contribution < 1.29 is 9.32 Å². The van der Waals surface area contributed by atoms with Gasteiger partial charge < -0.3 is 14.7 Å². The minimum atomic E-state index is 0.0118. The van der Waals surface area contributed by atoms with E-state index in [1.54, 1.807) is 17.4 Å². The van der Waals surface area contributed by atoms with Crippen LogP contribution in [0.2, 0.25) is 0 Å². The molecule has 0 saturated carbocycles. The van der Waals surface area contributed by atoms with Crippen LogP contribution >= 0.6 is 0 Å². The second-order valence-electron chi connectivity index (χ2n) is 3.48. The molecule has 1 fully saturated rings. The van der Waals surface area contributed by atoms with Gasteiger partial charge in [-0.2, -0.15) is 0 Å². The zero-order chi connectivity index (χ0) is 9.54. The lowest BCUT2D eigenvalue weighted by Gasteiger charge is -2.19. The number of fused-ring (bicyclic) bond motifs is 2. The van der Waals surface area contributed by atoms with Crippen molar-refractivity contribution in [1.82, 2.24) is 15.4 Å². The highest BCUT2D eigenvalue weighted by atomic mass is 16.5. The molecule has 3 rings (SSSR count). The largest absolute Gasteiger partial charge is 0.364 e. The molecule has 5 heteroatoms. The summed E-state index contributed by atoms with van der Waals surface area (Å²) in [5.41, 5.74) is 2.06. The first-order valence-electron chi connectivity index (χ1n) is 4.50. The van der Waals surface area contributed by atoms with Gasteiger partial charge in [-0.25, -0.2) is 4.79 Å². The predicted octanol–water partition coefficient (Wildman–Crippen LogP) is 0.465. The van der Waals surface area contributed by atoms with E-state index >= 15 is 0 Å². The van der Waals surface area contributed by atoms with E-state index in [1.165, 1.54) is 0 Å². The van der Waals surface area contributed by atoms with E-state index in [-0.39, 0.29) is 12.1 Å². The van der Waals surface area contributed by atoms with E-state index in [1.807, 2.05) is 6.08 Å². The molecule has 1 aromatic rings. The zero-order valence-corrected chi connectivity index (χ0v) is 7.43. The number of carbonyl (C=O) groups is 1. The molecular weight excluding hydrogens is 182 g/mol. The zero-order valence-electron chi connectivity index (χ0n) is 7.43. The van der Waals surface area contributed by atoms with Crippen molar-refractivity contribution in [3.8, 4) is 0 Å². The van der Waals surface area contributed by atoms with Crippen LogP contribution in [0.3, 0.4) is 0 Å². The van der Waals surface area contributed by atoms with E-state index < -0.39 is 0 Å². The van der Waals surface area contributed by atoms with Crippen molar-refractivity contribution in [2.75, 3.05) is 13.1 Å². The van der Waals surface area contributed by atoms with Crippen LogP contribution in [-0.4, -0.2) is 35.2 Å². The summed E-state index contributed by atoms with van der Waals surface area (Å²) in [7, 11) is 0. The number of urea groups is 1. The first kappa shape index (κ1) is 7.61. The first-order chi connectivity index (χ1) is 6.84. The van der Waals surface area contributed by atoms with Crippen LogP contribution in [0.4, 0.5) is 4.79 Å². The molecule has 1 aromatic heterocycles. The van der Waals surface area contributed by atoms with Gasteiger partial charge in [0.25, 0.3) is 0 Å². The standard InChI is InChI=1S/C9H9N3O2/c13-9-11-8-4-12(9)2-1-7(8)6-3-10-14-5-6/h1,3,5,8H,2,4H2,(H,11,13). The fourth-order valence-electron chi connectivity index (χ4n) is 1.94. The monoisotopic (exact) mass is 191 g/mol. The lowest BCUT2D eigenvalue weighted by molar-refractivity contribution is 0.222. The average molecular weight is 191 g/mol. The maximum Gasteiger partial charge on any atom is 0.318 e. The van der Waals surface area contributed by atoms with Crippen molar-refractivity contribution in [2.24, 2.45) is 0 Å². The minimum Gasteiger partial charge on any atom is -0.364 e. The van der Waals surface area contributed by atoms with Crippen LogP contribution < -0.4 is 5.32 Å². The Morgan fingerprint density at radius 2 is 2.57 bits per heavy atom. The third kappa shape index (κ3) is 0.951. The summed E-state index contributed by atoms with van der Waals surface area (Å²) >= 11 is 0. The summed E-state index contributed by atoms with van der Waals surface area (Å²) in [6.45, 7) is 1.42. The number of aromatic nitrogens is 1. The van der Waals surface area contributed by atoms with Crippen LogP contribution in [0.15, 0.2) is 23.1 Å². The van der Waals surface area contributed by atoms with Crippen molar-refractivity contribution >= 4 is 11.6 Å². The molecule has 2 aliphatic heterocycles. The highest BCUT2D eigenvalue weighted by molar-refractivity contribution is 5.85. The quantitative estimate of drug-likeness (QED) is 0.701. The van der Waals surface area contributed by atoms with E-state index in [9.17, 15) is 4.79 Å². The van der Waals surface area contributed by atoms with Crippen molar-refractivity contribution in [3.63, 3.8) is 0 Å². The van der Waals surface area contributed by atoms with Crippen LogP contribution in [0.1, 0.15) is 5.56 Å². The number of carbonyl (C=O) groups excluding carboxylic acids is 1. The van der Waals surface area contributed by atoms with E-state index in [4.69, 9.17) is 4.52 Å².